The van der Waals surface area contributed by atoms with E-state index in [1.165, 1.54) is 7.11 Å². The number of aliphatic carboxylic acids is 1. The van der Waals surface area contributed by atoms with Crippen LogP contribution >= 0.6 is 0 Å². The number of hydrogen-bond acceptors (Lipinski definition) is 3. The summed E-state index contributed by atoms with van der Waals surface area (Å²) in [5.41, 5.74) is 0. The Morgan fingerprint density at radius 3 is 2.79 bits per heavy atom. The summed E-state index contributed by atoms with van der Waals surface area (Å²) in [6.07, 6.45) is 2.19. The Labute approximate surface area is 82.4 Å². The van der Waals surface area contributed by atoms with Crippen LogP contribution in [0.15, 0.2) is 0 Å². The summed E-state index contributed by atoms with van der Waals surface area (Å²) in [4.78, 5) is 21.3. The van der Waals surface area contributed by atoms with Gasteiger partial charge in [0.05, 0.1) is 7.11 Å². The average Bonchev–Trinajstić information content (AvgIpc) is 2.51. The van der Waals surface area contributed by atoms with Crippen LogP contribution in [-0.2, 0) is 9.53 Å². The monoisotopic (exact) mass is 201 g/mol. The third kappa shape index (κ3) is 3.24. The van der Waals surface area contributed by atoms with E-state index in [1.54, 1.807) is 0 Å². The summed E-state index contributed by atoms with van der Waals surface area (Å²) in [5.74, 6) is -0.580. The molecule has 1 aliphatic rings. The highest BCUT2D eigenvalue weighted by Crippen LogP contribution is 2.28. The fourth-order valence-corrected chi connectivity index (χ4v) is 1.86. The molecule has 0 aromatic heterocycles. The Bertz CT molecular complexity index is 229. The maximum Gasteiger partial charge on any atom is 0.407 e. The van der Waals surface area contributed by atoms with Crippen molar-refractivity contribution in [2.75, 3.05) is 7.11 Å². The summed E-state index contributed by atoms with van der Waals surface area (Å²) < 4.78 is 4.46. The Balaban J connectivity index is 2.27. The lowest BCUT2D eigenvalue weighted by Gasteiger charge is -2.11. The lowest BCUT2D eigenvalue weighted by molar-refractivity contribution is -0.138. The maximum absolute atomic E-state index is 10.8. The van der Waals surface area contributed by atoms with Gasteiger partial charge in [0.2, 0.25) is 0 Å². The van der Waals surface area contributed by atoms with Gasteiger partial charge in [-0.1, -0.05) is 0 Å². The van der Waals surface area contributed by atoms with Gasteiger partial charge < -0.3 is 15.2 Å². The first-order chi connectivity index (χ1) is 6.61. The molecule has 0 aliphatic heterocycles. The van der Waals surface area contributed by atoms with Crippen LogP contribution in [0, 0.1) is 5.92 Å². The molecule has 2 atom stereocenters. The number of methoxy groups -OCH3 is 1. The van der Waals surface area contributed by atoms with Crippen LogP contribution in [-0.4, -0.2) is 30.3 Å². The van der Waals surface area contributed by atoms with Gasteiger partial charge in [0.25, 0.3) is 0 Å². The Hall–Kier alpha value is -1.26. The summed E-state index contributed by atoms with van der Waals surface area (Å²) in [6.45, 7) is 0. The van der Waals surface area contributed by atoms with Crippen LogP contribution in [0.1, 0.15) is 25.7 Å². The number of nitrogens with one attached hydrogen (secondary N) is 1. The zero-order valence-electron chi connectivity index (χ0n) is 8.16. The smallest absolute Gasteiger partial charge is 0.407 e. The number of rotatable bonds is 3. The molecule has 5 nitrogen and oxygen atoms in total. The van der Waals surface area contributed by atoms with E-state index in [2.05, 4.69) is 10.1 Å². The Kier molecular flexibility index (Phi) is 3.73. The molecule has 14 heavy (non-hydrogen) atoms. The molecule has 0 spiro atoms. The predicted octanol–water partition coefficient (Wildman–Crippen LogP) is 0.986. The van der Waals surface area contributed by atoms with Crippen LogP contribution < -0.4 is 5.32 Å². The van der Waals surface area contributed by atoms with Crippen LogP contribution in [0.5, 0.6) is 0 Å². The van der Waals surface area contributed by atoms with Crippen molar-refractivity contribution in [3.63, 3.8) is 0 Å². The van der Waals surface area contributed by atoms with Crippen LogP contribution in [0.4, 0.5) is 4.79 Å². The number of carboxylic acid groups (broad SMARTS) is 1. The maximum atomic E-state index is 10.8. The van der Waals surface area contributed by atoms with E-state index in [0.29, 0.717) is 0 Å². The molecule has 0 saturated heterocycles. The lowest BCUT2D eigenvalue weighted by atomic mass is 10.0. The van der Waals surface area contributed by atoms with Gasteiger partial charge in [0, 0.05) is 12.5 Å². The van der Waals surface area contributed by atoms with Gasteiger partial charge >= 0.3 is 12.1 Å². The quantitative estimate of drug-likeness (QED) is 0.713. The molecule has 2 N–H and O–H groups in total. The topological polar surface area (TPSA) is 75.6 Å². The molecular formula is C9H15NO4. The molecule has 80 valence electrons. The molecule has 5 heteroatoms. The highest BCUT2D eigenvalue weighted by atomic mass is 16.5. The lowest BCUT2D eigenvalue weighted by Crippen LogP contribution is -2.32. The number of carboxylic acids is 1. The van der Waals surface area contributed by atoms with Crippen molar-refractivity contribution < 1.29 is 19.4 Å². The fourth-order valence-electron chi connectivity index (χ4n) is 1.86. The van der Waals surface area contributed by atoms with Gasteiger partial charge in [-0.25, -0.2) is 4.79 Å². The molecule has 0 heterocycles. The number of alkyl carbamates (subject to hydrolysis) is 1. The summed E-state index contributed by atoms with van der Waals surface area (Å²) in [7, 11) is 1.32. The van der Waals surface area contributed by atoms with Crippen LogP contribution in [0.2, 0.25) is 0 Å². The second-order valence-corrected chi connectivity index (χ2v) is 3.61. The molecule has 0 aromatic rings. The summed E-state index contributed by atoms with van der Waals surface area (Å²) >= 11 is 0. The Morgan fingerprint density at radius 1 is 1.50 bits per heavy atom. The molecule has 0 aromatic carbocycles. The van der Waals surface area contributed by atoms with E-state index in [-0.39, 0.29) is 18.4 Å². The van der Waals surface area contributed by atoms with Crippen LogP contribution in [0.25, 0.3) is 0 Å². The molecule has 0 radical (unpaired) electrons. The van der Waals surface area contributed by atoms with E-state index >= 15 is 0 Å². The van der Waals surface area contributed by atoms with Crippen molar-refractivity contribution in [2.45, 2.75) is 31.7 Å². The van der Waals surface area contributed by atoms with Gasteiger partial charge in [-0.2, -0.15) is 0 Å². The standard InChI is InChI=1S/C9H15NO4/c1-14-9(13)10-7-3-2-6(4-7)5-8(11)12/h6-7H,2-5H2,1H3,(H,10,13)(H,11,12). The molecular weight excluding hydrogens is 186 g/mol. The van der Waals surface area contributed by atoms with E-state index in [9.17, 15) is 9.59 Å². The number of ether oxygens (including phenoxy) is 1. The second-order valence-electron chi connectivity index (χ2n) is 3.61. The SMILES string of the molecule is COC(=O)NC1CCC(CC(=O)O)C1. The van der Waals surface area contributed by atoms with E-state index in [4.69, 9.17) is 5.11 Å². The van der Waals surface area contributed by atoms with Crippen molar-refractivity contribution in [2.24, 2.45) is 5.92 Å². The molecule has 0 bridgehead atoms. The van der Waals surface area contributed by atoms with Crippen molar-refractivity contribution in [3.8, 4) is 0 Å². The number of amides is 1. The van der Waals surface area contributed by atoms with Gasteiger partial charge in [0.15, 0.2) is 0 Å². The largest absolute Gasteiger partial charge is 0.481 e. The number of hydrogen-bond donors (Lipinski definition) is 2. The minimum absolute atomic E-state index is 0.0757. The van der Waals surface area contributed by atoms with E-state index in [1.807, 2.05) is 0 Å². The van der Waals surface area contributed by atoms with E-state index < -0.39 is 12.1 Å². The van der Waals surface area contributed by atoms with Crippen molar-refractivity contribution in [1.29, 1.82) is 0 Å². The molecule has 1 aliphatic carbocycles. The molecule has 2 unspecified atom stereocenters. The number of carbonyl (C=O) groups excluding carboxylic acids is 1. The third-order valence-corrected chi connectivity index (χ3v) is 2.51. The van der Waals surface area contributed by atoms with Gasteiger partial charge in [-0.05, 0) is 25.2 Å². The van der Waals surface area contributed by atoms with Gasteiger partial charge in [-0.15, -0.1) is 0 Å². The zero-order valence-corrected chi connectivity index (χ0v) is 8.16. The molecule has 1 amide bonds. The normalized spacial score (nSPS) is 25.8. The average molecular weight is 201 g/mol. The zero-order chi connectivity index (χ0) is 10.6. The second kappa shape index (κ2) is 4.83. The minimum Gasteiger partial charge on any atom is -0.481 e. The molecule has 1 fully saturated rings. The van der Waals surface area contributed by atoms with Gasteiger partial charge in [0.1, 0.15) is 0 Å². The summed E-state index contributed by atoms with van der Waals surface area (Å²) in [6, 6.07) is 0.0757. The summed E-state index contributed by atoms with van der Waals surface area (Å²) in [5, 5.41) is 11.3. The minimum atomic E-state index is -0.770. The fraction of sp³-hybridized carbons (Fsp3) is 0.778. The molecule has 1 rings (SSSR count). The highest BCUT2D eigenvalue weighted by Gasteiger charge is 2.27. The first kappa shape index (κ1) is 10.8. The van der Waals surface area contributed by atoms with Crippen molar-refractivity contribution in [1.82, 2.24) is 5.32 Å². The van der Waals surface area contributed by atoms with Crippen molar-refractivity contribution >= 4 is 12.1 Å². The number of carbonyl (C=O) groups is 2. The van der Waals surface area contributed by atoms with Crippen molar-refractivity contribution in [3.05, 3.63) is 0 Å². The Morgan fingerprint density at radius 2 is 2.21 bits per heavy atom. The third-order valence-electron chi connectivity index (χ3n) is 2.51. The molecule has 1 saturated carbocycles. The highest BCUT2D eigenvalue weighted by molar-refractivity contribution is 5.68. The first-order valence-corrected chi connectivity index (χ1v) is 4.68. The van der Waals surface area contributed by atoms with Gasteiger partial charge in [-0.3, -0.25) is 4.79 Å². The van der Waals surface area contributed by atoms with Crippen LogP contribution in [0.3, 0.4) is 0 Å². The van der Waals surface area contributed by atoms with E-state index in [0.717, 1.165) is 19.3 Å². The predicted molar refractivity (Wildman–Crippen MR) is 48.9 cm³/mol. The first-order valence-electron chi connectivity index (χ1n) is 4.68.